The molecule has 102 valence electrons. The van der Waals surface area contributed by atoms with Crippen LogP contribution in [0, 0.1) is 11.3 Å². The minimum absolute atomic E-state index is 0.193. The van der Waals surface area contributed by atoms with Crippen molar-refractivity contribution in [2.24, 2.45) is 11.3 Å². The minimum atomic E-state index is -0.197. The third-order valence-corrected chi connectivity index (χ3v) is 3.94. The van der Waals surface area contributed by atoms with Crippen molar-refractivity contribution in [3.05, 3.63) is 0 Å². The van der Waals surface area contributed by atoms with Crippen molar-refractivity contribution in [3.63, 3.8) is 0 Å². The Morgan fingerprint density at radius 2 is 1.82 bits per heavy atom. The summed E-state index contributed by atoms with van der Waals surface area (Å²) < 4.78 is 0. The third-order valence-electron chi connectivity index (χ3n) is 3.94. The van der Waals surface area contributed by atoms with E-state index in [1.54, 1.807) is 0 Å². The standard InChI is InChI=1S/C15H31NO/c1-12(9-14-7-5-6-8-14)16-11-15(3,4)10-13(2)17/h12-14,16-17H,5-11H2,1-4H3. The maximum Gasteiger partial charge on any atom is 0.0517 e. The Kier molecular flexibility index (Phi) is 5.94. The number of hydrogen-bond donors (Lipinski definition) is 2. The molecule has 1 saturated carbocycles. The van der Waals surface area contributed by atoms with Crippen LogP contribution in [0.1, 0.15) is 66.2 Å². The Hall–Kier alpha value is -0.0800. The quantitative estimate of drug-likeness (QED) is 0.716. The molecule has 2 unspecified atom stereocenters. The first-order chi connectivity index (χ1) is 7.89. The second-order valence-electron chi connectivity index (χ2n) is 6.89. The van der Waals surface area contributed by atoms with Crippen LogP contribution in [0.2, 0.25) is 0 Å². The fourth-order valence-electron chi connectivity index (χ4n) is 3.15. The molecule has 0 heterocycles. The van der Waals surface area contributed by atoms with Gasteiger partial charge in [-0.05, 0) is 38.0 Å². The summed E-state index contributed by atoms with van der Waals surface area (Å²) in [5.74, 6) is 0.956. The molecule has 2 heteroatoms. The van der Waals surface area contributed by atoms with E-state index >= 15 is 0 Å². The minimum Gasteiger partial charge on any atom is -0.393 e. The second-order valence-corrected chi connectivity index (χ2v) is 6.89. The zero-order valence-electron chi connectivity index (χ0n) is 12.1. The highest BCUT2D eigenvalue weighted by atomic mass is 16.3. The van der Waals surface area contributed by atoms with Crippen molar-refractivity contribution in [3.8, 4) is 0 Å². The van der Waals surface area contributed by atoms with Crippen LogP contribution in [0.25, 0.3) is 0 Å². The summed E-state index contributed by atoms with van der Waals surface area (Å²) in [6.07, 6.45) is 7.74. The van der Waals surface area contributed by atoms with E-state index < -0.39 is 0 Å². The molecule has 0 aromatic heterocycles. The van der Waals surface area contributed by atoms with Gasteiger partial charge in [-0.25, -0.2) is 0 Å². The van der Waals surface area contributed by atoms with Gasteiger partial charge in [0.2, 0.25) is 0 Å². The van der Waals surface area contributed by atoms with Gasteiger partial charge in [0.15, 0.2) is 0 Å². The Morgan fingerprint density at radius 3 is 2.35 bits per heavy atom. The van der Waals surface area contributed by atoms with Gasteiger partial charge in [0.05, 0.1) is 6.10 Å². The fraction of sp³-hybridized carbons (Fsp3) is 1.00. The van der Waals surface area contributed by atoms with Crippen LogP contribution in [0.4, 0.5) is 0 Å². The molecule has 1 aliphatic rings. The van der Waals surface area contributed by atoms with Crippen molar-refractivity contribution >= 4 is 0 Å². The molecule has 2 atom stereocenters. The topological polar surface area (TPSA) is 32.3 Å². The van der Waals surface area contributed by atoms with E-state index in [1.165, 1.54) is 32.1 Å². The average Bonchev–Trinajstić information content (AvgIpc) is 2.65. The zero-order chi connectivity index (χ0) is 12.9. The van der Waals surface area contributed by atoms with Crippen molar-refractivity contribution in [1.29, 1.82) is 0 Å². The zero-order valence-corrected chi connectivity index (χ0v) is 12.1. The highest BCUT2D eigenvalue weighted by Gasteiger charge is 2.22. The Balaban J connectivity index is 2.19. The summed E-state index contributed by atoms with van der Waals surface area (Å²) in [6.45, 7) is 9.65. The number of aliphatic hydroxyl groups is 1. The van der Waals surface area contributed by atoms with Crippen LogP contribution < -0.4 is 5.32 Å². The van der Waals surface area contributed by atoms with Gasteiger partial charge in [-0.1, -0.05) is 39.5 Å². The van der Waals surface area contributed by atoms with Gasteiger partial charge in [0.25, 0.3) is 0 Å². The first-order valence-electron chi connectivity index (χ1n) is 7.30. The smallest absolute Gasteiger partial charge is 0.0517 e. The van der Waals surface area contributed by atoms with Crippen molar-refractivity contribution in [2.45, 2.75) is 78.4 Å². The van der Waals surface area contributed by atoms with Gasteiger partial charge in [-0.2, -0.15) is 0 Å². The predicted octanol–water partition coefficient (Wildman–Crippen LogP) is 3.34. The van der Waals surface area contributed by atoms with Gasteiger partial charge in [0, 0.05) is 12.6 Å². The van der Waals surface area contributed by atoms with E-state index in [0.717, 1.165) is 18.9 Å². The molecule has 0 spiro atoms. The summed E-state index contributed by atoms with van der Waals surface area (Å²) >= 11 is 0. The molecule has 0 aromatic carbocycles. The predicted molar refractivity (Wildman–Crippen MR) is 74.1 cm³/mol. The van der Waals surface area contributed by atoms with E-state index in [4.69, 9.17) is 0 Å². The number of aliphatic hydroxyl groups excluding tert-OH is 1. The summed E-state index contributed by atoms with van der Waals surface area (Å²) in [7, 11) is 0. The lowest BCUT2D eigenvalue weighted by Crippen LogP contribution is -2.37. The lowest BCUT2D eigenvalue weighted by molar-refractivity contribution is 0.126. The molecule has 2 nitrogen and oxygen atoms in total. The molecule has 1 rings (SSSR count). The van der Waals surface area contributed by atoms with E-state index in [2.05, 4.69) is 26.1 Å². The molecule has 0 amide bonds. The molecule has 0 saturated heterocycles. The van der Waals surface area contributed by atoms with E-state index in [-0.39, 0.29) is 11.5 Å². The van der Waals surface area contributed by atoms with E-state index in [0.29, 0.717) is 6.04 Å². The molecule has 2 N–H and O–H groups in total. The van der Waals surface area contributed by atoms with Crippen molar-refractivity contribution in [1.82, 2.24) is 5.32 Å². The van der Waals surface area contributed by atoms with Crippen LogP contribution >= 0.6 is 0 Å². The number of rotatable bonds is 7. The third kappa shape index (κ3) is 6.42. The van der Waals surface area contributed by atoms with E-state index in [1.807, 2.05) is 6.92 Å². The summed E-state index contributed by atoms with van der Waals surface area (Å²) in [6, 6.07) is 0.617. The lowest BCUT2D eigenvalue weighted by atomic mass is 9.86. The van der Waals surface area contributed by atoms with Crippen molar-refractivity contribution in [2.75, 3.05) is 6.54 Å². The average molecular weight is 241 g/mol. The largest absolute Gasteiger partial charge is 0.393 e. The molecule has 1 fully saturated rings. The maximum absolute atomic E-state index is 9.46. The molecule has 0 aliphatic heterocycles. The summed E-state index contributed by atoms with van der Waals surface area (Å²) in [5, 5.41) is 13.1. The van der Waals surface area contributed by atoms with Gasteiger partial charge in [0.1, 0.15) is 0 Å². The summed E-state index contributed by atoms with van der Waals surface area (Å²) in [4.78, 5) is 0. The van der Waals surface area contributed by atoms with Crippen LogP contribution in [-0.4, -0.2) is 23.8 Å². The Labute approximate surface area is 107 Å². The normalized spacial score (nSPS) is 21.7. The fourth-order valence-corrected chi connectivity index (χ4v) is 3.15. The Bertz CT molecular complexity index is 207. The number of nitrogens with one attached hydrogen (secondary N) is 1. The van der Waals surface area contributed by atoms with Crippen LogP contribution in [0.3, 0.4) is 0 Å². The monoisotopic (exact) mass is 241 g/mol. The Morgan fingerprint density at radius 1 is 1.24 bits per heavy atom. The first-order valence-corrected chi connectivity index (χ1v) is 7.30. The first kappa shape index (κ1) is 15.0. The molecule has 0 radical (unpaired) electrons. The van der Waals surface area contributed by atoms with Gasteiger partial charge < -0.3 is 10.4 Å². The SMILES string of the molecule is CC(O)CC(C)(C)CNC(C)CC1CCCC1. The summed E-state index contributed by atoms with van der Waals surface area (Å²) in [5.41, 5.74) is 0.193. The molecular formula is C15H31NO. The van der Waals surface area contributed by atoms with Gasteiger partial charge in [-0.15, -0.1) is 0 Å². The molecule has 17 heavy (non-hydrogen) atoms. The van der Waals surface area contributed by atoms with Gasteiger partial charge >= 0.3 is 0 Å². The van der Waals surface area contributed by atoms with Gasteiger partial charge in [-0.3, -0.25) is 0 Å². The van der Waals surface area contributed by atoms with Crippen LogP contribution in [0.15, 0.2) is 0 Å². The molecule has 0 bridgehead atoms. The number of hydrogen-bond acceptors (Lipinski definition) is 2. The second kappa shape index (κ2) is 6.75. The van der Waals surface area contributed by atoms with Crippen molar-refractivity contribution < 1.29 is 5.11 Å². The van der Waals surface area contributed by atoms with E-state index in [9.17, 15) is 5.11 Å². The highest BCUT2D eigenvalue weighted by molar-refractivity contribution is 4.78. The highest BCUT2D eigenvalue weighted by Crippen LogP contribution is 2.29. The molecule has 0 aromatic rings. The lowest BCUT2D eigenvalue weighted by Gasteiger charge is -2.29. The molecular weight excluding hydrogens is 210 g/mol. The van der Waals surface area contributed by atoms with Crippen LogP contribution in [0.5, 0.6) is 0 Å². The van der Waals surface area contributed by atoms with Crippen LogP contribution in [-0.2, 0) is 0 Å². The maximum atomic E-state index is 9.46. The molecule has 1 aliphatic carbocycles.